The standard InChI is InChI=1S/C26H27N3O4/c1-33-23-13-11-22(12-14-23)29-18-20(17-25(29)31)26(32)27-15-4-5-19-7-9-21(10-8-19)28-16-3-2-6-24(28)30/h7-14,20H,2-3,6,15-18H2,1H3,(H,27,32). The minimum Gasteiger partial charge on any atom is -0.497 e. The number of benzene rings is 2. The molecule has 4 rings (SSSR count). The van der Waals surface area contributed by atoms with Gasteiger partial charge in [0.2, 0.25) is 17.7 Å². The Balaban J connectivity index is 1.27. The van der Waals surface area contributed by atoms with Crippen LogP contribution < -0.4 is 19.9 Å². The highest BCUT2D eigenvalue weighted by Gasteiger charge is 2.34. The zero-order chi connectivity index (χ0) is 23.2. The number of anilines is 2. The molecule has 170 valence electrons. The van der Waals surface area contributed by atoms with E-state index in [0.29, 0.717) is 18.7 Å². The Morgan fingerprint density at radius 3 is 2.39 bits per heavy atom. The van der Waals surface area contributed by atoms with Crippen molar-refractivity contribution in [3.8, 4) is 17.6 Å². The minimum atomic E-state index is -0.400. The summed E-state index contributed by atoms with van der Waals surface area (Å²) in [6.07, 6.45) is 2.77. The van der Waals surface area contributed by atoms with Crippen molar-refractivity contribution in [3.05, 3.63) is 54.1 Å². The van der Waals surface area contributed by atoms with Crippen LogP contribution in [0.4, 0.5) is 11.4 Å². The monoisotopic (exact) mass is 445 g/mol. The van der Waals surface area contributed by atoms with E-state index in [0.717, 1.165) is 36.3 Å². The maximum Gasteiger partial charge on any atom is 0.227 e. The second kappa shape index (κ2) is 10.2. The number of nitrogens with zero attached hydrogens (tertiary/aromatic N) is 2. The third-order valence-corrected chi connectivity index (χ3v) is 5.97. The van der Waals surface area contributed by atoms with Crippen LogP contribution in [0, 0.1) is 17.8 Å². The van der Waals surface area contributed by atoms with Crippen molar-refractivity contribution in [2.24, 2.45) is 5.92 Å². The number of rotatable bonds is 5. The van der Waals surface area contributed by atoms with Crippen LogP contribution in [0.15, 0.2) is 48.5 Å². The Hall–Kier alpha value is -3.79. The molecule has 0 aliphatic carbocycles. The van der Waals surface area contributed by atoms with Gasteiger partial charge in [-0.1, -0.05) is 11.8 Å². The van der Waals surface area contributed by atoms with Gasteiger partial charge in [-0.3, -0.25) is 14.4 Å². The molecule has 2 aromatic carbocycles. The lowest BCUT2D eigenvalue weighted by Crippen LogP contribution is -2.35. The van der Waals surface area contributed by atoms with Gasteiger partial charge in [0, 0.05) is 42.9 Å². The third-order valence-electron chi connectivity index (χ3n) is 5.97. The van der Waals surface area contributed by atoms with Gasteiger partial charge in [0.15, 0.2) is 0 Å². The minimum absolute atomic E-state index is 0.0707. The molecule has 2 heterocycles. The zero-order valence-corrected chi connectivity index (χ0v) is 18.7. The van der Waals surface area contributed by atoms with Crippen molar-refractivity contribution in [2.75, 3.05) is 36.5 Å². The molecule has 1 atom stereocenters. The van der Waals surface area contributed by atoms with Crippen LogP contribution in [0.5, 0.6) is 5.75 Å². The predicted octanol–water partition coefficient (Wildman–Crippen LogP) is 2.73. The van der Waals surface area contributed by atoms with Crippen molar-refractivity contribution in [2.45, 2.75) is 25.7 Å². The molecule has 1 unspecified atom stereocenters. The van der Waals surface area contributed by atoms with Crippen LogP contribution in [-0.4, -0.2) is 44.5 Å². The molecular weight excluding hydrogens is 418 g/mol. The number of ether oxygens (including phenoxy) is 1. The highest BCUT2D eigenvalue weighted by molar-refractivity contribution is 6.00. The molecule has 0 saturated carbocycles. The molecule has 1 N–H and O–H groups in total. The number of amides is 3. The highest BCUT2D eigenvalue weighted by atomic mass is 16.5. The van der Waals surface area contributed by atoms with Crippen LogP contribution in [0.1, 0.15) is 31.2 Å². The molecule has 2 fully saturated rings. The summed E-state index contributed by atoms with van der Waals surface area (Å²) in [6.45, 7) is 1.31. The molecule has 7 heteroatoms. The smallest absolute Gasteiger partial charge is 0.227 e. The van der Waals surface area contributed by atoms with Crippen molar-refractivity contribution in [1.29, 1.82) is 0 Å². The number of carbonyl (C=O) groups excluding carboxylic acids is 3. The van der Waals surface area contributed by atoms with Crippen LogP contribution in [0.2, 0.25) is 0 Å². The lowest BCUT2D eigenvalue weighted by Gasteiger charge is -2.26. The first-order chi connectivity index (χ1) is 16.0. The van der Waals surface area contributed by atoms with E-state index in [4.69, 9.17) is 4.74 Å². The molecule has 0 radical (unpaired) electrons. The van der Waals surface area contributed by atoms with Gasteiger partial charge in [0.1, 0.15) is 5.75 Å². The summed E-state index contributed by atoms with van der Waals surface area (Å²) in [5.41, 5.74) is 2.47. The zero-order valence-electron chi connectivity index (χ0n) is 18.7. The van der Waals surface area contributed by atoms with Gasteiger partial charge >= 0.3 is 0 Å². The lowest BCUT2D eigenvalue weighted by molar-refractivity contribution is -0.126. The summed E-state index contributed by atoms with van der Waals surface area (Å²) < 4.78 is 5.15. The Kier molecular flexibility index (Phi) is 6.94. The quantitative estimate of drug-likeness (QED) is 0.718. The summed E-state index contributed by atoms with van der Waals surface area (Å²) in [7, 11) is 1.59. The van der Waals surface area contributed by atoms with Gasteiger partial charge in [0.25, 0.3) is 0 Å². The first-order valence-electron chi connectivity index (χ1n) is 11.2. The van der Waals surface area contributed by atoms with Crippen LogP contribution in [0.25, 0.3) is 0 Å². The first kappa shape index (κ1) is 22.4. The maximum atomic E-state index is 12.5. The Bertz CT molecular complexity index is 1080. The molecule has 2 saturated heterocycles. The van der Waals surface area contributed by atoms with E-state index in [-0.39, 0.29) is 30.7 Å². The van der Waals surface area contributed by atoms with Gasteiger partial charge in [0.05, 0.1) is 19.6 Å². The summed E-state index contributed by atoms with van der Waals surface area (Å²) >= 11 is 0. The predicted molar refractivity (Wildman–Crippen MR) is 126 cm³/mol. The van der Waals surface area contributed by atoms with Crippen LogP contribution in [-0.2, 0) is 14.4 Å². The molecule has 2 aliphatic heterocycles. The highest BCUT2D eigenvalue weighted by Crippen LogP contribution is 2.27. The van der Waals surface area contributed by atoms with Crippen LogP contribution in [0.3, 0.4) is 0 Å². The number of hydrogen-bond donors (Lipinski definition) is 1. The van der Waals surface area contributed by atoms with E-state index >= 15 is 0 Å². The number of hydrogen-bond acceptors (Lipinski definition) is 4. The normalized spacial score (nSPS) is 18.0. The lowest BCUT2D eigenvalue weighted by atomic mass is 10.1. The van der Waals surface area contributed by atoms with Gasteiger partial charge in [-0.2, -0.15) is 0 Å². The topological polar surface area (TPSA) is 79.0 Å². The molecular formula is C26H27N3O4. The third kappa shape index (κ3) is 5.35. The summed E-state index contributed by atoms with van der Waals surface area (Å²) in [5, 5.41) is 2.81. The first-order valence-corrected chi connectivity index (χ1v) is 11.2. The van der Waals surface area contributed by atoms with E-state index in [1.807, 2.05) is 41.3 Å². The van der Waals surface area contributed by atoms with Crippen molar-refractivity contribution in [3.63, 3.8) is 0 Å². The maximum absolute atomic E-state index is 12.5. The number of nitrogens with one attached hydrogen (secondary N) is 1. The fourth-order valence-electron chi connectivity index (χ4n) is 4.12. The largest absolute Gasteiger partial charge is 0.497 e. The summed E-state index contributed by atoms with van der Waals surface area (Å²) in [5.74, 6) is 6.22. The summed E-state index contributed by atoms with van der Waals surface area (Å²) in [4.78, 5) is 40.4. The average Bonchev–Trinajstić information content (AvgIpc) is 3.24. The molecule has 7 nitrogen and oxygen atoms in total. The van der Waals surface area contributed by atoms with E-state index in [9.17, 15) is 14.4 Å². The molecule has 3 amide bonds. The summed E-state index contributed by atoms with van der Waals surface area (Å²) in [6, 6.07) is 14.8. The molecule has 2 aromatic rings. The Labute approximate surface area is 193 Å². The van der Waals surface area contributed by atoms with E-state index in [1.54, 1.807) is 24.1 Å². The van der Waals surface area contributed by atoms with Crippen molar-refractivity contribution >= 4 is 29.1 Å². The molecule has 33 heavy (non-hydrogen) atoms. The molecule has 0 spiro atoms. The van der Waals surface area contributed by atoms with Crippen molar-refractivity contribution in [1.82, 2.24) is 5.32 Å². The molecule has 0 aromatic heterocycles. The van der Waals surface area contributed by atoms with E-state index in [2.05, 4.69) is 17.2 Å². The number of methoxy groups -OCH3 is 1. The van der Waals surface area contributed by atoms with Gasteiger partial charge in [-0.25, -0.2) is 0 Å². The average molecular weight is 446 g/mol. The van der Waals surface area contributed by atoms with Gasteiger partial charge in [-0.05, 0) is 61.4 Å². The number of carbonyl (C=O) groups is 3. The Morgan fingerprint density at radius 2 is 1.70 bits per heavy atom. The number of piperidine rings is 1. The van der Waals surface area contributed by atoms with Crippen molar-refractivity contribution < 1.29 is 19.1 Å². The second-order valence-electron chi connectivity index (χ2n) is 8.17. The second-order valence-corrected chi connectivity index (χ2v) is 8.17. The Morgan fingerprint density at radius 1 is 1.00 bits per heavy atom. The van der Waals surface area contributed by atoms with E-state index in [1.165, 1.54) is 0 Å². The SMILES string of the molecule is COc1ccc(N2CC(C(=O)NCC#Cc3ccc(N4CCCCC4=O)cc3)CC2=O)cc1. The van der Waals surface area contributed by atoms with Gasteiger partial charge < -0.3 is 19.9 Å². The molecule has 2 aliphatic rings. The molecule has 0 bridgehead atoms. The fourth-order valence-corrected chi connectivity index (χ4v) is 4.12. The fraction of sp³-hybridized carbons (Fsp3) is 0.346. The van der Waals surface area contributed by atoms with Gasteiger partial charge in [-0.15, -0.1) is 0 Å². The van der Waals surface area contributed by atoms with E-state index < -0.39 is 5.92 Å². The van der Waals surface area contributed by atoms with Crippen LogP contribution >= 0.6 is 0 Å².